The van der Waals surface area contributed by atoms with Crippen molar-refractivity contribution in [1.29, 1.82) is 0 Å². The number of benzene rings is 1. The first-order chi connectivity index (χ1) is 8.34. The van der Waals surface area contributed by atoms with Crippen LogP contribution in [0.4, 0.5) is 0 Å². The Bertz CT molecular complexity index is 348. The van der Waals surface area contributed by atoms with E-state index in [2.05, 4.69) is 10.6 Å². The molecule has 0 radical (unpaired) electrons. The van der Waals surface area contributed by atoms with Gasteiger partial charge in [0.2, 0.25) is 0 Å². The fraction of sp³-hybridized carbons (Fsp3) is 0.462. The van der Waals surface area contributed by atoms with Crippen molar-refractivity contribution in [2.24, 2.45) is 0 Å². The van der Waals surface area contributed by atoms with Crippen LogP contribution >= 0.6 is 0 Å². The van der Waals surface area contributed by atoms with Crippen LogP contribution in [-0.2, 0) is 4.79 Å². The SMILES string of the molecule is O=C(COc1ccccc1)N[C@H]1CCCNC1. The minimum Gasteiger partial charge on any atom is -0.484 e. The summed E-state index contributed by atoms with van der Waals surface area (Å²) in [5, 5.41) is 6.22. The highest BCUT2D eigenvalue weighted by Gasteiger charge is 2.15. The Morgan fingerprint density at radius 2 is 2.24 bits per heavy atom. The predicted molar refractivity (Wildman–Crippen MR) is 66.0 cm³/mol. The molecule has 1 aliphatic rings. The summed E-state index contributed by atoms with van der Waals surface area (Å²) in [4.78, 5) is 11.6. The van der Waals surface area contributed by atoms with Crippen LogP contribution < -0.4 is 15.4 Å². The molecule has 17 heavy (non-hydrogen) atoms. The van der Waals surface area contributed by atoms with Crippen molar-refractivity contribution in [3.63, 3.8) is 0 Å². The van der Waals surface area contributed by atoms with E-state index in [0.717, 1.165) is 31.7 Å². The zero-order chi connectivity index (χ0) is 11.9. The van der Waals surface area contributed by atoms with E-state index < -0.39 is 0 Å². The van der Waals surface area contributed by atoms with Crippen molar-refractivity contribution in [2.45, 2.75) is 18.9 Å². The van der Waals surface area contributed by atoms with Gasteiger partial charge in [0.1, 0.15) is 5.75 Å². The molecule has 0 aliphatic carbocycles. The van der Waals surface area contributed by atoms with Gasteiger partial charge in [0, 0.05) is 12.6 Å². The molecular weight excluding hydrogens is 216 g/mol. The summed E-state index contributed by atoms with van der Waals surface area (Å²) in [6.07, 6.45) is 2.16. The first kappa shape index (κ1) is 11.9. The molecule has 1 aromatic rings. The summed E-state index contributed by atoms with van der Waals surface area (Å²) in [6, 6.07) is 9.62. The Labute approximate surface area is 101 Å². The monoisotopic (exact) mass is 234 g/mol. The zero-order valence-electron chi connectivity index (χ0n) is 9.82. The normalized spacial score (nSPS) is 19.6. The lowest BCUT2D eigenvalue weighted by Crippen LogP contribution is -2.46. The highest BCUT2D eigenvalue weighted by Crippen LogP contribution is 2.08. The van der Waals surface area contributed by atoms with Gasteiger partial charge in [0.15, 0.2) is 6.61 Å². The van der Waals surface area contributed by atoms with Crippen molar-refractivity contribution >= 4 is 5.91 Å². The standard InChI is InChI=1S/C13H18N2O2/c16-13(15-11-5-4-8-14-9-11)10-17-12-6-2-1-3-7-12/h1-3,6-7,11,14H,4-5,8-10H2,(H,15,16)/t11-/m0/s1. The molecule has 1 saturated heterocycles. The summed E-state index contributed by atoms with van der Waals surface area (Å²) < 4.78 is 5.38. The second-order valence-corrected chi connectivity index (χ2v) is 4.21. The Morgan fingerprint density at radius 3 is 2.94 bits per heavy atom. The number of carbonyl (C=O) groups excluding carboxylic acids is 1. The van der Waals surface area contributed by atoms with Crippen LogP contribution in [0.1, 0.15) is 12.8 Å². The van der Waals surface area contributed by atoms with E-state index >= 15 is 0 Å². The third kappa shape index (κ3) is 4.07. The van der Waals surface area contributed by atoms with Crippen molar-refractivity contribution in [3.05, 3.63) is 30.3 Å². The van der Waals surface area contributed by atoms with Gasteiger partial charge in [0.05, 0.1) is 0 Å². The van der Waals surface area contributed by atoms with Crippen LogP contribution in [0.25, 0.3) is 0 Å². The lowest BCUT2D eigenvalue weighted by atomic mass is 10.1. The maximum atomic E-state index is 11.6. The third-order valence-corrected chi connectivity index (χ3v) is 2.78. The number of para-hydroxylation sites is 1. The average molecular weight is 234 g/mol. The highest BCUT2D eigenvalue weighted by atomic mass is 16.5. The van der Waals surface area contributed by atoms with Gasteiger partial charge in [-0.3, -0.25) is 4.79 Å². The molecule has 1 amide bonds. The van der Waals surface area contributed by atoms with Crippen molar-refractivity contribution in [1.82, 2.24) is 10.6 Å². The lowest BCUT2D eigenvalue weighted by Gasteiger charge is -2.23. The summed E-state index contributed by atoms with van der Waals surface area (Å²) in [5.74, 6) is 0.673. The van der Waals surface area contributed by atoms with E-state index in [9.17, 15) is 4.79 Å². The van der Waals surface area contributed by atoms with Gasteiger partial charge in [-0.1, -0.05) is 18.2 Å². The van der Waals surface area contributed by atoms with Gasteiger partial charge >= 0.3 is 0 Å². The van der Waals surface area contributed by atoms with Crippen LogP contribution in [0.2, 0.25) is 0 Å². The average Bonchev–Trinajstić information content (AvgIpc) is 2.39. The second-order valence-electron chi connectivity index (χ2n) is 4.21. The largest absolute Gasteiger partial charge is 0.484 e. The van der Waals surface area contributed by atoms with E-state index in [0.29, 0.717) is 0 Å². The maximum Gasteiger partial charge on any atom is 0.258 e. The summed E-state index contributed by atoms with van der Waals surface area (Å²) >= 11 is 0. The summed E-state index contributed by atoms with van der Waals surface area (Å²) in [6.45, 7) is 1.99. The molecule has 1 fully saturated rings. The Hall–Kier alpha value is -1.55. The van der Waals surface area contributed by atoms with E-state index in [4.69, 9.17) is 4.74 Å². The number of hydrogen-bond donors (Lipinski definition) is 2. The molecule has 0 bridgehead atoms. The number of carbonyl (C=O) groups is 1. The first-order valence-electron chi connectivity index (χ1n) is 6.02. The van der Waals surface area contributed by atoms with Crippen LogP contribution in [-0.4, -0.2) is 31.6 Å². The van der Waals surface area contributed by atoms with E-state index in [1.54, 1.807) is 0 Å². The van der Waals surface area contributed by atoms with Crippen LogP contribution in [0.15, 0.2) is 30.3 Å². The highest BCUT2D eigenvalue weighted by molar-refractivity contribution is 5.77. The number of hydrogen-bond acceptors (Lipinski definition) is 3. The van der Waals surface area contributed by atoms with Crippen LogP contribution in [0.5, 0.6) is 5.75 Å². The second kappa shape index (κ2) is 6.25. The molecule has 4 nitrogen and oxygen atoms in total. The van der Waals surface area contributed by atoms with Gasteiger partial charge in [-0.25, -0.2) is 0 Å². The van der Waals surface area contributed by atoms with Gasteiger partial charge in [-0.2, -0.15) is 0 Å². The molecular formula is C13H18N2O2. The fourth-order valence-corrected chi connectivity index (χ4v) is 1.91. The first-order valence-corrected chi connectivity index (χ1v) is 6.02. The van der Waals surface area contributed by atoms with Crippen molar-refractivity contribution < 1.29 is 9.53 Å². The Morgan fingerprint density at radius 1 is 1.41 bits per heavy atom. The van der Waals surface area contributed by atoms with E-state index in [-0.39, 0.29) is 18.6 Å². The minimum absolute atomic E-state index is 0.0532. The van der Waals surface area contributed by atoms with Gasteiger partial charge in [-0.15, -0.1) is 0 Å². The number of rotatable bonds is 4. The van der Waals surface area contributed by atoms with Gasteiger partial charge in [0.25, 0.3) is 5.91 Å². The molecule has 0 aromatic heterocycles. The van der Waals surface area contributed by atoms with Crippen molar-refractivity contribution in [2.75, 3.05) is 19.7 Å². The van der Waals surface area contributed by atoms with Gasteiger partial charge < -0.3 is 15.4 Å². The number of amides is 1. The maximum absolute atomic E-state index is 11.6. The zero-order valence-corrected chi connectivity index (χ0v) is 9.82. The molecule has 0 spiro atoms. The van der Waals surface area contributed by atoms with E-state index in [1.807, 2.05) is 30.3 Å². The molecule has 0 saturated carbocycles. The molecule has 2 N–H and O–H groups in total. The molecule has 1 atom stereocenters. The number of nitrogens with one attached hydrogen (secondary N) is 2. The molecule has 0 unspecified atom stereocenters. The molecule has 92 valence electrons. The van der Waals surface area contributed by atoms with Crippen LogP contribution in [0, 0.1) is 0 Å². The summed E-state index contributed by atoms with van der Waals surface area (Å²) in [7, 11) is 0. The smallest absolute Gasteiger partial charge is 0.258 e. The molecule has 1 aliphatic heterocycles. The summed E-state index contributed by atoms with van der Waals surface area (Å²) in [5.41, 5.74) is 0. The molecule has 2 rings (SSSR count). The number of ether oxygens (including phenoxy) is 1. The molecule has 1 aromatic carbocycles. The minimum atomic E-state index is -0.0532. The Kier molecular flexibility index (Phi) is 4.38. The molecule has 4 heteroatoms. The predicted octanol–water partition coefficient (Wildman–Crippen LogP) is 0.934. The lowest BCUT2D eigenvalue weighted by molar-refractivity contribution is -0.123. The topological polar surface area (TPSA) is 50.4 Å². The van der Waals surface area contributed by atoms with E-state index in [1.165, 1.54) is 0 Å². The quantitative estimate of drug-likeness (QED) is 0.815. The number of piperidine rings is 1. The Balaban J connectivity index is 1.70. The molecule has 1 heterocycles. The van der Waals surface area contributed by atoms with Gasteiger partial charge in [-0.05, 0) is 31.5 Å². The third-order valence-electron chi connectivity index (χ3n) is 2.78. The van der Waals surface area contributed by atoms with Crippen LogP contribution in [0.3, 0.4) is 0 Å². The fourth-order valence-electron chi connectivity index (χ4n) is 1.91. The van der Waals surface area contributed by atoms with Crippen molar-refractivity contribution in [3.8, 4) is 5.75 Å².